The molecule has 0 bridgehead atoms. The first-order valence-corrected chi connectivity index (χ1v) is 14.3. The van der Waals surface area contributed by atoms with Crippen molar-refractivity contribution in [1.82, 2.24) is 15.0 Å². The Labute approximate surface area is 241 Å². The van der Waals surface area contributed by atoms with Crippen LogP contribution in [-0.4, -0.2) is 74.8 Å². The third kappa shape index (κ3) is 7.90. The SMILES string of the molecule is COc1cccc(OCCOc2ccc(/C=N\Nc3nc(N4CCCCC4)nc(N4CCCCC4)n3)cc2OC)c1. The van der Waals surface area contributed by atoms with Crippen LogP contribution in [0.2, 0.25) is 0 Å². The van der Waals surface area contributed by atoms with E-state index in [0.717, 1.165) is 80.8 Å². The minimum Gasteiger partial charge on any atom is -0.497 e. The Morgan fingerprint density at radius 1 is 0.732 bits per heavy atom. The summed E-state index contributed by atoms with van der Waals surface area (Å²) in [5.74, 6) is 4.59. The van der Waals surface area contributed by atoms with Crippen molar-refractivity contribution in [3.63, 3.8) is 0 Å². The molecule has 0 radical (unpaired) electrons. The fourth-order valence-electron chi connectivity index (χ4n) is 4.92. The fourth-order valence-corrected chi connectivity index (χ4v) is 4.92. The Morgan fingerprint density at radius 2 is 1.39 bits per heavy atom. The minimum atomic E-state index is 0.362. The molecule has 41 heavy (non-hydrogen) atoms. The molecule has 3 heterocycles. The lowest BCUT2D eigenvalue weighted by atomic mass is 10.1. The summed E-state index contributed by atoms with van der Waals surface area (Å²) in [6.07, 6.45) is 8.83. The van der Waals surface area contributed by atoms with E-state index >= 15 is 0 Å². The Balaban J connectivity index is 1.20. The number of ether oxygens (including phenoxy) is 4. The van der Waals surface area contributed by atoms with Gasteiger partial charge in [0, 0.05) is 32.2 Å². The molecule has 0 atom stereocenters. The molecule has 1 N–H and O–H groups in total. The van der Waals surface area contributed by atoms with Crippen molar-refractivity contribution in [1.29, 1.82) is 0 Å². The highest BCUT2D eigenvalue weighted by Gasteiger charge is 2.20. The summed E-state index contributed by atoms with van der Waals surface area (Å²) in [4.78, 5) is 18.7. The maximum atomic E-state index is 5.90. The Morgan fingerprint density at radius 3 is 2.05 bits per heavy atom. The second-order valence-electron chi connectivity index (χ2n) is 10.0. The molecule has 11 nitrogen and oxygen atoms in total. The van der Waals surface area contributed by atoms with Gasteiger partial charge < -0.3 is 28.7 Å². The largest absolute Gasteiger partial charge is 0.497 e. The van der Waals surface area contributed by atoms with Crippen LogP contribution in [0.4, 0.5) is 17.8 Å². The van der Waals surface area contributed by atoms with Gasteiger partial charge in [-0.3, -0.25) is 0 Å². The van der Waals surface area contributed by atoms with E-state index in [2.05, 4.69) is 20.3 Å². The molecule has 3 aromatic rings. The number of methoxy groups -OCH3 is 2. The van der Waals surface area contributed by atoms with Crippen LogP contribution in [0.15, 0.2) is 47.6 Å². The van der Waals surface area contributed by atoms with Gasteiger partial charge in [-0.05, 0) is 74.4 Å². The number of anilines is 3. The molecule has 2 saturated heterocycles. The number of rotatable bonds is 12. The zero-order valence-electron chi connectivity index (χ0n) is 23.9. The highest BCUT2D eigenvalue weighted by molar-refractivity contribution is 5.81. The van der Waals surface area contributed by atoms with Gasteiger partial charge in [0.25, 0.3) is 0 Å². The molecule has 0 unspecified atom stereocenters. The lowest BCUT2D eigenvalue weighted by molar-refractivity contribution is 0.211. The van der Waals surface area contributed by atoms with Gasteiger partial charge >= 0.3 is 0 Å². The molecule has 2 fully saturated rings. The van der Waals surface area contributed by atoms with E-state index in [1.165, 1.54) is 12.8 Å². The van der Waals surface area contributed by atoms with Crippen molar-refractivity contribution < 1.29 is 18.9 Å². The van der Waals surface area contributed by atoms with E-state index in [-0.39, 0.29) is 0 Å². The van der Waals surface area contributed by atoms with Gasteiger partial charge in [0.2, 0.25) is 17.8 Å². The number of hydrogen-bond donors (Lipinski definition) is 1. The first kappa shape index (κ1) is 28.3. The van der Waals surface area contributed by atoms with E-state index in [0.29, 0.717) is 30.7 Å². The predicted octanol–water partition coefficient (Wildman–Crippen LogP) is 4.77. The molecule has 2 aromatic carbocycles. The topological polar surface area (TPSA) is 106 Å². The van der Waals surface area contributed by atoms with Crippen molar-refractivity contribution in [2.45, 2.75) is 38.5 Å². The number of nitrogens with zero attached hydrogens (tertiary/aromatic N) is 6. The number of hydrazone groups is 1. The third-order valence-electron chi connectivity index (χ3n) is 7.11. The predicted molar refractivity (Wildman–Crippen MR) is 160 cm³/mol. The Kier molecular flexibility index (Phi) is 9.91. The van der Waals surface area contributed by atoms with Crippen LogP contribution in [0.5, 0.6) is 23.0 Å². The molecule has 1 aromatic heterocycles. The summed E-state index contributed by atoms with van der Waals surface area (Å²) in [6, 6.07) is 13.1. The third-order valence-corrected chi connectivity index (χ3v) is 7.11. The number of benzene rings is 2. The molecule has 218 valence electrons. The number of hydrogen-bond acceptors (Lipinski definition) is 11. The van der Waals surface area contributed by atoms with Gasteiger partial charge in [-0.25, -0.2) is 5.43 Å². The minimum absolute atomic E-state index is 0.362. The summed E-state index contributed by atoms with van der Waals surface area (Å²) in [5, 5.41) is 4.42. The van der Waals surface area contributed by atoms with Crippen LogP contribution in [0.1, 0.15) is 44.1 Å². The summed E-state index contributed by atoms with van der Waals surface area (Å²) in [5.41, 5.74) is 3.87. The average Bonchev–Trinajstić information content (AvgIpc) is 3.04. The molecular weight excluding hydrogens is 522 g/mol. The van der Waals surface area contributed by atoms with Crippen molar-refractivity contribution in [3.8, 4) is 23.0 Å². The summed E-state index contributed by atoms with van der Waals surface area (Å²) < 4.78 is 22.4. The highest BCUT2D eigenvalue weighted by Crippen LogP contribution is 2.28. The van der Waals surface area contributed by atoms with E-state index in [1.54, 1.807) is 20.4 Å². The van der Waals surface area contributed by atoms with Crippen molar-refractivity contribution in [2.75, 3.05) is 68.8 Å². The van der Waals surface area contributed by atoms with Crippen LogP contribution in [0.25, 0.3) is 0 Å². The molecule has 2 aliphatic rings. The lowest BCUT2D eigenvalue weighted by Crippen LogP contribution is -2.34. The highest BCUT2D eigenvalue weighted by atomic mass is 16.5. The summed E-state index contributed by atoms with van der Waals surface area (Å²) in [7, 11) is 3.24. The molecule has 5 rings (SSSR count). The van der Waals surface area contributed by atoms with Gasteiger partial charge in [-0.2, -0.15) is 20.1 Å². The van der Waals surface area contributed by atoms with Crippen LogP contribution in [0.3, 0.4) is 0 Å². The molecule has 0 amide bonds. The normalized spacial score (nSPS) is 15.6. The van der Waals surface area contributed by atoms with Crippen LogP contribution >= 0.6 is 0 Å². The maximum Gasteiger partial charge on any atom is 0.250 e. The lowest BCUT2D eigenvalue weighted by Gasteiger charge is -2.30. The summed E-state index contributed by atoms with van der Waals surface area (Å²) in [6.45, 7) is 4.61. The van der Waals surface area contributed by atoms with E-state index in [4.69, 9.17) is 33.9 Å². The van der Waals surface area contributed by atoms with Crippen molar-refractivity contribution >= 4 is 24.1 Å². The molecule has 0 aliphatic carbocycles. The number of aromatic nitrogens is 3. The number of piperidine rings is 2. The van der Waals surface area contributed by atoms with Gasteiger partial charge in [0.15, 0.2) is 11.5 Å². The van der Waals surface area contributed by atoms with Crippen LogP contribution in [0, 0.1) is 0 Å². The van der Waals surface area contributed by atoms with Crippen molar-refractivity contribution in [3.05, 3.63) is 48.0 Å². The average molecular weight is 562 g/mol. The molecule has 2 aliphatic heterocycles. The monoisotopic (exact) mass is 561 g/mol. The van der Waals surface area contributed by atoms with Gasteiger partial charge in [-0.15, -0.1) is 0 Å². The molecule has 0 saturated carbocycles. The first-order valence-electron chi connectivity index (χ1n) is 14.3. The quantitative estimate of drug-likeness (QED) is 0.189. The number of nitrogens with one attached hydrogen (secondary N) is 1. The van der Waals surface area contributed by atoms with Gasteiger partial charge in [0.05, 0.1) is 20.4 Å². The van der Waals surface area contributed by atoms with E-state index in [9.17, 15) is 0 Å². The second kappa shape index (κ2) is 14.4. The molecule has 11 heteroatoms. The zero-order chi connectivity index (χ0) is 28.3. The van der Waals surface area contributed by atoms with Crippen LogP contribution < -0.4 is 34.2 Å². The summed E-state index contributed by atoms with van der Waals surface area (Å²) >= 11 is 0. The molecule has 0 spiro atoms. The smallest absolute Gasteiger partial charge is 0.250 e. The fraction of sp³-hybridized carbons (Fsp3) is 0.467. The standard InChI is InChI=1S/C30H39N7O4/c1-38-24-10-9-11-25(21-24)40-18-19-41-26-13-12-23(20-27(26)39-2)22-31-35-28-32-29(36-14-5-3-6-15-36)34-30(33-28)37-16-7-4-8-17-37/h9-13,20-22H,3-8,14-19H2,1-2H3,(H,32,33,34,35)/b31-22-. The van der Waals surface area contributed by atoms with Crippen LogP contribution in [-0.2, 0) is 0 Å². The Hall–Kier alpha value is -4.28. The second-order valence-corrected chi connectivity index (χ2v) is 10.0. The first-order chi connectivity index (χ1) is 20.2. The van der Waals surface area contributed by atoms with Gasteiger partial charge in [-0.1, -0.05) is 6.07 Å². The molecular formula is C30H39N7O4. The maximum absolute atomic E-state index is 5.90. The van der Waals surface area contributed by atoms with Gasteiger partial charge in [0.1, 0.15) is 24.7 Å². The van der Waals surface area contributed by atoms with Crippen molar-refractivity contribution in [2.24, 2.45) is 5.10 Å². The van der Waals surface area contributed by atoms with E-state index < -0.39 is 0 Å². The van der Waals surface area contributed by atoms with E-state index in [1.807, 2.05) is 42.5 Å². The Bertz CT molecular complexity index is 1260. The zero-order valence-corrected chi connectivity index (χ0v) is 23.9.